The molecule has 3 aliphatic heterocycles. The molecule has 0 radical (unpaired) electrons. The first-order chi connectivity index (χ1) is 19.5. The summed E-state index contributed by atoms with van der Waals surface area (Å²) in [4.78, 5) is 22.9. The van der Waals surface area contributed by atoms with Gasteiger partial charge in [0.05, 0.1) is 0 Å². The molecule has 0 N–H and O–H groups in total. The molecule has 0 unspecified atom stereocenters. The maximum atomic E-state index is 13.5. The maximum absolute atomic E-state index is 13.5. The second-order valence-electron chi connectivity index (χ2n) is 11.7. The molecule has 1 amide bonds. The van der Waals surface area contributed by atoms with E-state index in [0.29, 0.717) is 6.79 Å². The smallest absolute Gasteiger partial charge is 0.253 e. The number of likely N-dealkylation sites (N-methyl/N-ethyl adjacent to an activating group) is 1. The molecule has 2 aromatic carbocycles. The summed E-state index contributed by atoms with van der Waals surface area (Å²) in [5.74, 6) is 1.82. The summed E-state index contributed by atoms with van der Waals surface area (Å²) in [6.07, 6.45) is 2.11. The van der Waals surface area contributed by atoms with E-state index < -0.39 is 0 Å². The van der Waals surface area contributed by atoms with Gasteiger partial charge in [-0.2, -0.15) is 0 Å². The van der Waals surface area contributed by atoms with Crippen LogP contribution >= 0.6 is 0 Å². The Morgan fingerprint density at radius 1 is 0.800 bits per heavy atom. The molecule has 8 nitrogen and oxygen atoms in total. The first-order valence-corrected chi connectivity index (χ1v) is 14.9. The van der Waals surface area contributed by atoms with Crippen molar-refractivity contribution in [2.24, 2.45) is 0 Å². The van der Waals surface area contributed by atoms with Crippen LogP contribution in [0.4, 0.5) is 0 Å². The molecule has 0 aliphatic carbocycles. The zero-order valence-electron chi connectivity index (χ0n) is 24.3. The number of piperazine rings is 2. The van der Waals surface area contributed by atoms with Gasteiger partial charge in [0.1, 0.15) is 0 Å². The van der Waals surface area contributed by atoms with Crippen LogP contribution in [0.15, 0.2) is 36.4 Å². The number of aryl methyl sites for hydroxylation is 2. The molecule has 1 aromatic heterocycles. The Bertz CT molecular complexity index is 1350. The molecule has 3 aliphatic rings. The van der Waals surface area contributed by atoms with E-state index in [2.05, 4.69) is 64.4 Å². The van der Waals surface area contributed by atoms with Crippen LogP contribution in [0.2, 0.25) is 0 Å². The maximum Gasteiger partial charge on any atom is 0.253 e. The summed E-state index contributed by atoms with van der Waals surface area (Å²) >= 11 is 0. The van der Waals surface area contributed by atoms with E-state index in [4.69, 9.17) is 9.47 Å². The fourth-order valence-corrected chi connectivity index (χ4v) is 6.34. The predicted octanol–water partition coefficient (Wildman–Crippen LogP) is 3.62. The molecule has 40 heavy (non-hydrogen) atoms. The number of rotatable bonds is 8. The van der Waals surface area contributed by atoms with E-state index in [-0.39, 0.29) is 5.91 Å². The van der Waals surface area contributed by atoms with Crippen molar-refractivity contribution in [2.75, 3.05) is 79.3 Å². The van der Waals surface area contributed by atoms with E-state index >= 15 is 0 Å². The average molecular weight is 546 g/mol. The van der Waals surface area contributed by atoms with E-state index in [1.165, 1.54) is 40.8 Å². The minimum Gasteiger partial charge on any atom is -0.454 e. The van der Waals surface area contributed by atoms with Crippen molar-refractivity contribution < 1.29 is 14.3 Å². The van der Waals surface area contributed by atoms with E-state index in [9.17, 15) is 4.79 Å². The Hall–Kier alpha value is -3.07. The lowest BCUT2D eigenvalue weighted by molar-refractivity contribution is 0.0638. The summed E-state index contributed by atoms with van der Waals surface area (Å²) < 4.78 is 13.4. The van der Waals surface area contributed by atoms with Crippen LogP contribution in [0.25, 0.3) is 10.9 Å². The molecular formula is C32H43N5O3. The molecule has 8 heteroatoms. The molecule has 3 aromatic rings. The van der Waals surface area contributed by atoms with Crippen LogP contribution < -0.4 is 9.47 Å². The van der Waals surface area contributed by atoms with Crippen LogP contribution in [0.3, 0.4) is 0 Å². The number of ether oxygens (including phenoxy) is 2. The Morgan fingerprint density at radius 3 is 2.33 bits per heavy atom. The third-order valence-electron chi connectivity index (χ3n) is 9.15. The van der Waals surface area contributed by atoms with Crippen LogP contribution in [0.1, 0.15) is 33.6 Å². The van der Waals surface area contributed by atoms with Crippen LogP contribution in [-0.2, 0) is 13.0 Å². The number of carbonyl (C=O) groups is 1. The monoisotopic (exact) mass is 545 g/mol. The number of aromatic nitrogens is 1. The van der Waals surface area contributed by atoms with Crippen molar-refractivity contribution in [3.8, 4) is 11.5 Å². The zero-order valence-corrected chi connectivity index (χ0v) is 24.3. The van der Waals surface area contributed by atoms with Gasteiger partial charge in [-0.05, 0) is 81.7 Å². The average Bonchev–Trinajstić information content (AvgIpc) is 3.55. The molecule has 6 rings (SSSR count). The van der Waals surface area contributed by atoms with Gasteiger partial charge in [0.25, 0.3) is 5.91 Å². The van der Waals surface area contributed by atoms with E-state index in [0.717, 1.165) is 88.8 Å². The van der Waals surface area contributed by atoms with Gasteiger partial charge in [-0.25, -0.2) is 0 Å². The van der Waals surface area contributed by atoms with Gasteiger partial charge in [-0.3, -0.25) is 9.69 Å². The third-order valence-corrected chi connectivity index (χ3v) is 9.15. The second kappa shape index (κ2) is 11.8. The van der Waals surface area contributed by atoms with Crippen molar-refractivity contribution in [2.45, 2.75) is 33.2 Å². The molecule has 4 heterocycles. The second-order valence-corrected chi connectivity index (χ2v) is 11.7. The van der Waals surface area contributed by atoms with Gasteiger partial charge >= 0.3 is 0 Å². The molecule has 0 atom stereocenters. The van der Waals surface area contributed by atoms with Crippen molar-refractivity contribution in [3.05, 3.63) is 58.8 Å². The highest BCUT2D eigenvalue weighted by atomic mass is 16.7. The first kappa shape index (κ1) is 27.1. The fraction of sp³-hybridized carbons (Fsp3) is 0.531. The minimum atomic E-state index is 0.150. The number of hydrogen-bond acceptors (Lipinski definition) is 6. The lowest BCUT2D eigenvalue weighted by Crippen LogP contribution is -2.49. The number of fused-ring (bicyclic) bond motifs is 2. The molecule has 0 bridgehead atoms. The quantitative estimate of drug-likeness (QED) is 0.431. The highest BCUT2D eigenvalue weighted by Crippen LogP contribution is 2.32. The standard InChI is InChI=1S/C32H43N5O3/c1-24-25(2)37(11-4-10-34-15-13-33(3)14-16-34)29-7-6-27(22-28(24)29)32(38)36-19-17-35(18-20-36)12-9-26-5-8-30-31(21-26)40-23-39-30/h5-8,21-22H,4,9-20,23H2,1-3H3. The predicted molar refractivity (Wildman–Crippen MR) is 159 cm³/mol. The minimum absolute atomic E-state index is 0.150. The van der Waals surface area contributed by atoms with Crippen molar-refractivity contribution >= 4 is 16.8 Å². The van der Waals surface area contributed by atoms with Crippen LogP contribution in [-0.4, -0.2) is 109 Å². The summed E-state index contributed by atoms with van der Waals surface area (Å²) in [6.45, 7) is 15.9. The fourth-order valence-electron chi connectivity index (χ4n) is 6.34. The largest absolute Gasteiger partial charge is 0.454 e. The molecular weight excluding hydrogens is 502 g/mol. The number of nitrogens with zero attached hydrogens (tertiary/aromatic N) is 5. The van der Waals surface area contributed by atoms with Gasteiger partial charge in [-0.15, -0.1) is 0 Å². The summed E-state index contributed by atoms with van der Waals surface area (Å²) in [6, 6.07) is 12.5. The molecule has 214 valence electrons. The van der Waals surface area contributed by atoms with Crippen LogP contribution in [0, 0.1) is 13.8 Å². The summed E-state index contributed by atoms with van der Waals surface area (Å²) in [5.41, 5.74) is 5.91. The summed E-state index contributed by atoms with van der Waals surface area (Å²) in [7, 11) is 2.21. The zero-order chi connectivity index (χ0) is 27.6. The highest BCUT2D eigenvalue weighted by Gasteiger charge is 2.23. The summed E-state index contributed by atoms with van der Waals surface area (Å²) in [5, 5.41) is 1.21. The molecule has 0 spiro atoms. The highest BCUT2D eigenvalue weighted by molar-refractivity contribution is 5.99. The topological polar surface area (TPSA) is 53.4 Å². The van der Waals surface area contributed by atoms with Gasteiger partial charge < -0.3 is 28.7 Å². The van der Waals surface area contributed by atoms with E-state index in [1.807, 2.05) is 17.0 Å². The Labute approximate surface area is 238 Å². The lowest BCUT2D eigenvalue weighted by atomic mass is 10.1. The molecule has 2 saturated heterocycles. The Kier molecular flexibility index (Phi) is 8.01. The van der Waals surface area contributed by atoms with Crippen LogP contribution in [0.5, 0.6) is 11.5 Å². The number of carbonyl (C=O) groups excluding carboxylic acids is 1. The van der Waals surface area contributed by atoms with Crippen molar-refractivity contribution in [3.63, 3.8) is 0 Å². The van der Waals surface area contributed by atoms with Gasteiger partial charge in [0.15, 0.2) is 11.5 Å². The third kappa shape index (κ3) is 5.71. The van der Waals surface area contributed by atoms with Gasteiger partial charge in [-0.1, -0.05) is 6.07 Å². The normalized spacial score (nSPS) is 18.6. The molecule has 0 saturated carbocycles. The lowest BCUT2D eigenvalue weighted by Gasteiger charge is -2.34. The number of amides is 1. The Morgan fingerprint density at radius 2 is 1.52 bits per heavy atom. The number of hydrogen-bond donors (Lipinski definition) is 0. The van der Waals surface area contributed by atoms with Gasteiger partial charge in [0.2, 0.25) is 6.79 Å². The first-order valence-electron chi connectivity index (χ1n) is 14.9. The van der Waals surface area contributed by atoms with Crippen molar-refractivity contribution in [1.82, 2.24) is 24.2 Å². The van der Waals surface area contributed by atoms with Gasteiger partial charge in [0, 0.05) is 87.6 Å². The Balaban J connectivity index is 1.03. The van der Waals surface area contributed by atoms with Crippen molar-refractivity contribution in [1.29, 1.82) is 0 Å². The SMILES string of the molecule is Cc1c(C)n(CCCN2CCN(C)CC2)c2ccc(C(=O)N3CCN(CCc4ccc5c(c4)OCO5)CC3)cc12. The van der Waals surface area contributed by atoms with E-state index in [1.54, 1.807) is 0 Å². The molecule has 2 fully saturated rings. The number of benzene rings is 2.